The molecule has 3 heteroatoms. The van der Waals surface area contributed by atoms with Crippen molar-refractivity contribution in [1.29, 1.82) is 0 Å². The number of hydrogen-bond acceptors (Lipinski definition) is 3. The van der Waals surface area contributed by atoms with Crippen LogP contribution in [0.4, 0.5) is 0 Å². The van der Waals surface area contributed by atoms with Crippen molar-refractivity contribution in [1.82, 2.24) is 4.98 Å². The first kappa shape index (κ1) is 9.46. The van der Waals surface area contributed by atoms with Gasteiger partial charge in [0.05, 0.1) is 7.11 Å². The highest BCUT2D eigenvalue weighted by molar-refractivity contribution is 5.31. The molecule has 0 radical (unpaired) electrons. The quantitative estimate of drug-likeness (QED) is 0.789. The largest absolute Gasteiger partial charge is 0.481 e. The average Bonchev–Trinajstić information content (AvgIpc) is 2.18. The van der Waals surface area contributed by atoms with Gasteiger partial charge in [0, 0.05) is 24.2 Å². The minimum absolute atomic E-state index is 0.205. The van der Waals surface area contributed by atoms with E-state index < -0.39 is 0 Å². The monoisotopic (exact) mass is 192 g/mol. The number of nitrogens with two attached hydrogens (primary N) is 1. The minimum atomic E-state index is 0.205. The highest BCUT2D eigenvalue weighted by Crippen LogP contribution is 2.43. The van der Waals surface area contributed by atoms with E-state index in [0.717, 1.165) is 6.54 Å². The van der Waals surface area contributed by atoms with Crippen molar-refractivity contribution < 1.29 is 4.74 Å². The molecule has 0 amide bonds. The molecule has 3 nitrogen and oxygen atoms in total. The van der Waals surface area contributed by atoms with Crippen molar-refractivity contribution in [2.75, 3.05) is 13.7 Å². The highest BCUT2D eigenvalue weighted by Gasteiger charge is 2.37. The van der Waals surface area contributed by atoms with Crippen LogP contribution < -0.4 is 10.5 Å². The van der Waals surface area contributed by atoms with Crippen LogP contribution in [0.3, 0.4) is 0 Å². The van der Waals surface area contributed by atoms with Crippen LogP contribution in [0.1, 0.15) is 24.8 Å². The molecule has 1 aromatic rings. The van der Waals surface area contributed by atoms with Crippen LogP contribution in [0.15, 0.2) is 18.3 Å². The zero-order valence-electron chi connectivity index (χ0n) is 8.49. The predicted molar refractivity (Wildman–Crippen MR) is 55.4 cm³/mol. The standard InChI is InChI=1S/C11H16N2O/c1-14-10-7-9(3-6-13-10)11(8-12)4-2-5-11/h3,6-7H,2,4-5,8,12H2,1H3. The van der Waals surface area contributed by atoms with Gasteiger partial charge in [0.2, 0.25) is 5.88 Å². The maximum absolute atomic E-state index is 5.83. The molecule has 1 aliphatic rings. The summed E-state index contributed by atoms with van der Waals surface area (Å²) in [6.45, 7) is 0.722. The third-order valence-corrected chi connectivity index (χ3v) is 3.26. The normalized spacial score (nSPS) is 18.7. The molecule has 1 heterocycles. The Balaban J connectivity index is 2.30. The van der Waals surface area contributed by atoms with Gasteiger partial charge < -0.3 is 10.5 Å². The van der Waals surface area contributed by atoms with Crippen molar-refractivity contribution in [3.05, 3.63) is 23.9 Å². The molecule has 2 N–H and O–H groups in total. The lowest BCUT2D eigenvalue weighted by atomic mass is 9.65. The summed E-state index contributed by atoms with van der Waals surface area (Å²) in [6.07, 6.45) is 5.46. The van der Waals surface area contributed by atoms with E-state index in [1.807, 2.05) is 6.07 Å². The summed E-state index contributed by atoms with van der Waals surface area (Å²) >= 11 is 0. The van der Waals surface area contributed by atoms with Gasteiger partial charge in [-0.15, -0.1) is 0 Å². The first-order valence-corrected chi connectivity index (χ1v) is 5.01. The smallest absolute Gasteiger partial charge is 0.213 e. The number of pyridine rings is 1. The molecule has 1 fully saturated rings. The Kier molecular flexibility index (Phi) is 2.42. The Morgan fingerprint density at radius 1 is 1.57 bits per heavy atom. The summed E-state index contributed by atoms with van der Waals surface area (Å²) < 4.78 is 5.11. The van der Waals surface area contributed by atoms with Gasteiger partial charge in [0.15, 0.2) is 0 Å². The predicted octanol–water partition coefficient (Wildman–Crippen LogP) is 1.47. The third kappa shape index (κ3) is 1.38. The first-order valence-electron chi connectivity index (χ1n) is 5.01. The van der Waals surface area contributed by atoms with E-state index in [2.05, 4.69) is 11.1 Å². The summed E-state index contributed by atoms with van der Waals surface area (Å²) in [5.41, 5.74) is 7.31. The van der Waals surface area contributed by atoms with Crippen molar-refractivity contribution >= 4 is 0 Å². The first-order chi connectivity index (χ1) is 6.80. The van der Waals surface area contributed by atoms with Gasteiger partial charge in [-0.25, -0.2) is 4.98 Å². The van der Waals surface area contributed by atoms with Crippen molar-refractivity contribution in [3.63, 3.8) is 0 Å². The van der Waals surface area contributed by atoms with E-state index in [4.69, 9.17) is 10.5 Å². The molecule has 0 saturated heterocycles. The van der Waals surface area contributed by atoms with E-state index in [-0.39, 0.29) is 5.41 Å². The van der Waals surface area contributed by atoms with Gasteiger partial charge in [-0.2, -0.15) is 0 Å². The molecule has 1 aromatic heterocycles. The number of methoxy groups -OCH3 is 1. The van der Waals surface area contributed by atoms with Crippen molar-refractivity contribution in [2.24, 2.45) is 5.73 Å². The average molecular weight is 192 g/mol. The fourth-order valence-corrected chi connectivity index (χ4v) is 2.07. The number of nitrogens with zero attached hydrogens (tertiary/aromatic N) is 1. The lowest BCUT2D eigenvalue weighted by molar-refractivity contribution is 0.251. The van der Waals surface area contributed by atoms with Gasteiger partial charge in [-0.05, 0) is 24.5 Å². The third-order valence-electron chi connectivity index (χ3n) is 3.26. The maximum atomic E-state index is 5.83. The summed E-state index contributed by atoms with van der Waals surface area (Å²) in [7, 11) is 1.64. The molecule has 0 aliphatic heterocycles. The Morgan fingerprint density at radius 2 is 2.36 bits per heavy atom. The van der Waals surface area contributed by atoms with E-state index in [9.17, 15) is 0 Å². The highest BCUT2D eigenvalue weighted by atomic mass is 16.5. The summed E-state index contributed by atoms with van der Waals surface area (Å²) in [5.74, 6) is 0.683. The SMILES string of the molecule is COc1cc(C2(CN)CCC2)ccn1. The molecule has 1 saturated carbocycles. The fourth-order valence-electron chi connectivity index (χ4n) is 2.07. The lowest BCUT2D eigenvalue weighted by Crippen LogP contribution is -2.41. The van der Waals surface area contributed by atoms with E-state index in [0.29, 0.717) is 5.88 Å². The number of aromatic nitrogens is 1. The lowest BCUT2D eigenvalue weighted by Gasteiger charge is -2.41. The van der Waals surface area contributed by atoms with Gasteiger partial charge in [-0.1, -0.05) is 6.42 Å². The maximum Gasteiger partial charge on any atom is 0.213 e. The van der Waals surface area contributed by atoms with Crippen LogP contribution in [-0.2, 0) is 5.41 Å². The summed E-state index contributed by atoms with van der Waals surface area (Å²) in [4.78, 5) is 4.10. The molecule has 2 rings (SSSR count). The Labute approximate surface area is 84.3 Å². The van der Waals surface area contributed by atoms with Crippen LogP contribution >= 0.6 is 0 Å². The van der Waals surface area contributed by atoms with Crippen LogP contribution in [0.25, 0.3) is 0 Å². The topological polar surface area (TPSA) is 48.1 Å². The molecule has 0 atom stereocenters. The number of ether oxygens (including phenoxy) is 1. The van der Waals surface area contributed by atoms with E-state index in [1.54, 1.807) is 13.3 Å². The summed E-state index contributed by atoms with van der Waals surface area (Å²) in [5, 5.41) is 0. The Hall–Kier alpha value is -1.09. The second-order valence-corrected chi connectivity index (χ2v) is 3.92. The molecular weight excluding hydrogens is 176 g/mol. The van der Waals surface area contributed by atoms with Gasteiger partial charge >= 0.3 is 0 Å². The Bertz CT molecular complexity index is 315. The van der Waals surface area contributed by atoms with Crippen molar-refractivity contribution in [3.8, 4) is 5.88 Å². The molecule has 0 aromatic carbocycles. The molecule has 0 spiro atoms. The zero-order valence-corrected chi connectivity index (χ0v) is 8.49. The van der Waals surface area contributed by atoms with Crippen LogP contribution in [0, 0.1) is 0 Å². The number of hydrogen-bond donors (Lipinski definition) is 1. The molecular formula is C11H16N2O. The molecule has 0 unspecified atom stereocenters. The van der Waals surface area contributed by atoms with Gasteiger partial charge in [-0.3, -0.25) is 0 Å². The second-order valence-electron chi connectivity index (χ2n) is 3.92. The summed E-state index contributed by atoms with van der Waals surface area (Å²) in [6, 6.07) is 4.06. The van der Waals surface area contributed by atoms with Crippen molar-refractivity contribution in [2.45, 2.75) is 24.7 Å². The molecule has 1 aliphatic carbocycles. The zero-order chi connectivity index (χ0) is 10.0. The molecule has 14 heavy (non-hydrogen) atoms. The van der Waals surface area contributed by atoms with Crippen LogP contribution in [0.5, 0.6) is 5.88 Å². The van der Waals surface area contributed by atoms with Gasteiger partial charge in [0.1, 0.15) is 0 Å². The van der Waals surface area contributed by atoms with Gasteiger partial charge in [0.25, 0.3) is 0 Å². The minimum Gasteiger partial charge on any atom is -0.481 e. The molecule has 0 bridgehead atoms. The Morgan fingerprint density at radius 3 is 2.86 bits per heavy atom. The van der Waals surface area contributed by atoms with E-state index >= 15 is 0 Å². The fraction of sp³-hybridized carbons (Fsp3) is 0.545. The second kappa shape index (κ2) is 3.58. The number of rotatable bonds is 3. The van der Waals surface area contributed by atoms with Crippen LogP contribution in [0.2, 0.25) is 0 Å². The van der Waals surface area contributed by atoms with Crippen LogP contribution in [-0.4, -0.2) is 18.6 Å². The molecule has 76 valence electrons. The van der Waals surface area contributed by atoms with E-state index in [1.165, 1.54) is 24.8 Å².